The van der Waals surface area contributed by atoms with Crippen LogP contribution in [0.15, 0.2) is 47.5 Å². The Labute approximate surface area is 207 Å². The van der Waals surface area contributed by atoms with Crippen molar-refractivity contribution in [3.8, 4) is 11.1 Å². The molecule has 36 heavy (non-hydrogen) atoms. The Balaban J connectivity index is 1.69. The highest BCUT2D eigenvalue weighted by atomic mass is 19.1. The lowest BCUT2D eigenvalue weighted by molar-refractivity contribution is 0.262. The fourth-order valence-corrected chi connectivity index (χ4v) is 4.19. The van der Waals surface area contributed by atoms with E-state index in [2.05, 4.69) is 20.9 Å². The quantitative estimate of drug-likeness (QED) is 0.353. The van der Waals surface area contributed by atoms with Crippen LogP contribution in [0, 0.1) is 18.6 Å². The van der Waals surface area contributed by atoms with E-state index < -0.39 is 23.2 Å². The minimum Gasteiger partial charge on any atom is -0.373 e. The van der Waals surface area contributed by atoms with Gasteiger partial charge in [-0.25, -0.2) is 18.6 Å². The maximum absolute atomic E-state index is 14.9. The highest BCUT2D eigenvalue weighted by molar-refractivity contribution is 6.00. The van der Waals surface area contributed by atoms with Gasteiger partial charge in [-0.15, -0.1) is 0 Å². The van der Waals surface area contributed by atoms with E-state index in [1.165, 1.54) is 10.6 Å². The van der Waals surface area contributed by atoms with Crippen molar-refractivity contribution in [2.75, 3.05) is 23.0 Å². The van der Waals surface area contributed by atoms with Gasteiger partial charge in [-0.3, -0.25) is 4.79 Å². The SMILES string of the molecule is CNc1cc2c(cn1)cc(-c1cc(NC(=O)Nc3ccn(C(C)(C)C)c3C)c(F)cc1F)c(=O)n2C. The lowest BCUT2D eigenvalue weighted by atomic mass is 10.0. The number of carbonyl (C=O) groups excluding carboxylic acids is 1. The zero-order valence-corrected chi connectivity index (χ0v) is 21.0. The molecule has 0 bridgehead atoms. The Morgan fingerprint density at radius 2 is 1.69 bits per heavy atom. The predicted molar refractivity (Wildman–Crippen MR) is 139 cm³/mol. The van der Waals surface area contributed by atoms with Crippen LogP contribution >= 0.6 is 0 Å². The molecular weight excluding hydrogens is 466 g/mol. The average molecular weight is 495 g/mol. The molecule has 1 aromatic carbocycles. The summed E-state index contributed by atoms with van der Waals surface area (Å²) in [4.78, 5) is 30.0. The topological polar surface area (TPSA) is 93.0 Å². The number of nitrogens with zero attached hydrogens (tertiary/aromatic N) is 3. The fourth-order valence-electron chi connectivity index (χ4n) is 4.19. The first kappa shape index (κ1) is 24.9. The molecule has 0 aliphatic heterocycles. The molecule has 188 valence electrons. The third kappa shape index (κ3) is 4.53. The third-order valence-electron chi connectivity index (χ3n) is 6.07. The highest BCUT2D eigenvalue weighted by Gasteiger charge is 2.20. The van der Waals surface area contributed by atoms with Crippen molar-refractivity contribution in [2.24, 2.45) is 7.05 Å². The molecular formula is C26H28F2N6O2. The number of anilines is 3. The van der Waals surface area contributed by atoms with Crippen LogP contribution in [0.1, 0.15) is 26.5 Å². The summed E-state index contributed by atoms with van der Waals surface area (Å²) in [5.41, 5.74) is 0.938. The molecule has 0 aliphatic rings. The van der Waals surface area contributed by atoms with Gasteiger partial charge in [0.15, 0.2) is 0 Å². The molecule has 3 aromatic heterocycles. The van der Waals surface area contributed by atoms with E-state index in [9.17, 15) is 18.4 Å². The first-order valence-corrected chi connectivity index (χ1v) is 11.3. The van der Waals surface area contributed by atoms with E-state index in [-0.39, 0.29) is 22.4 Å². The molecule has 3 heterocycles. The smallest absolute Gasteiger partial charge is 0.323 e. The molecule has 3 N–H and O–H groups in total. The maximum atomic E-state index is 14.9. The molecule has 0 fully saturated rings. The molecule has 0 saturated carbocycles. The average Bonchev–Trinajstić information content (AvgIpc) is 3.18. The van der Waals surface area contributed by atoms with Gasteiger partial charge < -0.3 is 25.1 Å². The summed E-state index contributed by atoms with van der Waals surface area (Å²) in [5.74, 6) is -1.31. The number of fused-ring (bicyclic) bond motifs is 1. The minimum absolute atomic E-state index is 0.0167. The molecule has 8 nitrogen and oxygen atoms in total. The Morgan fingerprint density at radius 3 is 2.33 bits per heavy atom. The van der Waals surface area contributed by atoms with Crippen molar-refractivity contribution in [2.45, 2.75) is 33.2 Å². The van der Waals surface area contributed by atoms with E-state index >= 15 is 0 Å². The number of halogens is 2. The van der Waals surface area contributed by atoms with Crippen molar-refractivity contribution < 1.29 is 13.6 Å². The van der Waals surface area contributed by atoms with Crippen molar-refractivity contribution in [1.29, 1.82) is 0 Å². The molecule has 0 spiro atoms. The molecule has 10 heteroatoms. The Bertz CT molecular complexity index is 1550. The Morgan fingerprint density at radius 1 is 1.00 bits per heavy atom. The summed E-state index contributed by atoms with van der Waals surface area (Å²) in [7, 11) is 3.27. The predicted octanol–water partition coefficient (Wildman–Crippen LogP) is 5.43. The van der Waals surface area contributed by atoms with Crippen LogP contribution in [0.5, 0.6) is 0 Å². The summed E-state index contributed by atoms with van der Waals surface area (Å²) in [5, 5.41) is 8.63. The molecule has 2 amide bonds. The second-order valence-corrected chi connectivity index (χ2v) is 9.55. The number of rotatable bonds is 4. The van der Waals surface area contributed by atoms with E-state index in [1.807, 2.05) is 38.5 Å². The molecule has 0 aliphatic carbocycles. The third-order valence-corrected chi connectivity index (χ3v) is 6.07. The number of hydrogen-bond acceptors (Lipinski definition) is 4. The first-order chi connectivity index (χ1) is 16.9. The van der Waals surface area contributed by atoms with Gasteiger partial charge in [0.2, 0.25) is 0 Å². The first-order valence-electron chi connectivity index (χ1n) is 11.3. The number of aromatic nitrogens is 3. The number of nitrogens with one attached hydrogen (secondary N) is 3. The number of urea groups is 1. The summed E-state index contributed by atoms with van der Waals surface area (Å²) in [6, 6.07) is 6.03. The summed E-state index contributed by atoms with van der Waals surface area (Å²) in [6.07, 6.45) is 3.41. The van der Waals surface area contributed by atoms with E-state index in [4.69, 9.17) is 0 Å². The Hall–Kier alpha value is -4.21. The van der Waals surface area contributed by atoms with Gasteiger partial charge >= 0.3 is 6.03 Å². The second kappa shape index (κ2) is 9.10. The molecule has 4 aromatic rings. The van der Waals surface area contributed by atoms with Crippen molar-refractivity contribution in [3.63, 3.8) is 0 Å². The number of amides is 2. The van der Waals surface area contributed by atoms with Crippen LogP contribution in [-0.4, -0.2) is 27.2 Å². The van der Waals surface area contributed by atoms with Crippen LogP contribution in [-0.2, 0) is 12.6 Å². The molecule has 0 atom stereocenters. The molecule has 0 unspecified atom stereocenters. The standard InChI is InChI=1S/C26H28F2N6O2/c1-14-20(7-8-34(14)26(2,3)4)31-25(36)32-21-10-16(18(27)11-19(21)28)17-9-15-13-30-23(29-5)12-22(15)33(6)24(17)35/h7-13H,1-6H3,(H,29,30)(H2,31,32,36). The highest BCUT2D eigenvalue weighted by Crippen LogP contribution is 2.29. The molecule has 0 saturated heterocycles. The number of pyridine rings is 2. The zero-order chi connectivity index (χ0) is 26.4. The summed E-state index contributed by atoms with van der Waals surface area (Å²) < 4.78 is 32.8. The van der Waals surface area contributed by atoms with Crippen LogP contribution in [0.3, 0.4) is 0 Å². The number of benzene rings is 1. The largest absolute Gasteiger partial charge is 0.373 e. The van der Waals surface area contributed by atoms with Gasteiger partial charge in [0, 0.05) is 60.8 Å². The van der Waals surface area contributed by atoms with Gasteiger partial charge in [0.25, 0.3) is 5.56 Å². The van der Waals surface area contributed by atoms with E-state index in [1.54, 1.807) is 32.4 Å². The second-order valence-electron chi connectivity index (χ2n) is 9.55. The van der Waals surface area contributed by atoms with Gasteiger partial charge in [-0.1, -0.05) is 0 Å². The van der Waals surface area contributed by atoms with Gasteiger partial charge in [0.05, 0.1) is 22.5 Å². The zero-order valence-electron chi connectivity index (χ0n) is 21.0. The number of hydrogen-bond donors (Lipinski definition) is 3. The van der Waals surface area contributed by atoms with E-state index in [0.717, 1.165) is 11.8 Å². The maximum Gasteiger partial charge on any atom is 0.323 e. The van der Waals surface area contributed by atoms with Crippen LogP contribution in [0.4, 0.5) is 30.8 Å². The minimum atomic E-state index is -0.965. The fraction of sp³-hybridized carbons (Fsp3) is 0.269. The monoisotopic (exact) mass is 494 g/mol. The molecule has 0 radical (unpaired) electrons. The van der Waals surface area contributed by atoms with Gasteiger partial charge in [-0.2, -0.15) is 0 Å². The van der Waals surface area contributed by atoms with Crippen LogP contribution in [0.2, 0.25) is 0 Å². The van der Waals surface area contributed by atoms with Crippen LogP contribution < -0.4 is 21.5 Å². The lowest BCUT2D eigenvalue weighted by Crippen LogP contribution is -2.24. The van der Waals surface area contributed by atoms with Gasteiger partial charge in [-0.05, 0) is 45.9 Å². The number of carbonyl (C=O) groups is 1. The summed E-state index contributed by atoms with van der Waals surface area (Å²) in [6.45, 7) is 7.96. The van der Waals surface area contributed by atoms with Crippen LogP contribution in [0.25, 0.3) is 22.0 Å². The van der Waals surface area contributed by atoms with Crippen molar-refractivity contribution >= 4 is 34.1 Å². The normalized spacial score (nSPS) is 11.6. The molecule has 4 rings (SSSR count). The number of aryl methyl sites for hydroxylation is 1. The lowest BCUT2D eigenvalue weighted by Gasteiger charge is -2.23. The Kier molecular flexibility index (Phi) is 6.30. The van der Waals surface area contributed by atoms with E-state index in [0.29, 0.717) is 28.5 Å². The van der Waals surface area contributed by atoms with Crippen molar-refractivity contribution in [3.05, 3.63) is 70.4 Å². The summed E-state index contributed by atoms with van der Waals surface area (Å²) >= 11 is 0. The van der Waals surface area contributed by atoms with Gasteiger partial charge in [0.1, 0.15) is 17.5 Å². The van der Waals surface area contributed by atoms with Crippen molar-refractivity contribution in [1.82, 2.24) is 14.1 Å².